The fourth-order valence-corrected chi connectivity index (χ4v) is 1.71. The highest BCUT2D eigenvalue weighted by atomic mass is 16.5. The van der Waals surface area contributed by atoms with E-state index in [0.29, 0.717) is 5.75 Å². The van der Waals surface area contributed by atoms with Gasteiger partial charge in [-0.3, -0.25) is 0 Å². The van der Waals surface area contributed by atoms with Crippen molar-refractivity contribution < 1.29 is 9.84 Å². The number of likely N-dealkylation sites (N-methyl/N-ethyl adjacent to an activating group) is 1. The van der Waals surface area contributed by atoms with Crippen LogP contribution in [-0.2, 0) is 12.8 Å². The van der Waals surface area contributed by atoms with E-state index in [1.807, 2.05) is 19.2 Å². The number of hydrogen-bond donors (Lipinski definition) is 2. The maximum absolute atomic E-state index is 9.72. The molecule has 0 spiro atoms. The number of fused-ring (bicyclic) bond motifs is 1. The Kier molecular flexibility index (Phi) is 2.59. The van der Waals surface area contributed by atoms with E-state index >= 15 is 0 Å². The topological polar surface area (TPSA) is 41.5 Å². The first kappa shape index (κ1) is 9.34. The lowest BCUT2D eigenvalue weighted by Crippen LogP contribution is -2.10. The van der Waals surface area contributed by atoms with Crippen LogP contribution in [0.15, 0.2) is 12.1 Å². The largest absolute Gasteiger partial charge is 0.508 e. The SMILES string of the molecule is CNCCc1cc2c(cc1O)CCO2. The Bertz CT molecular complexity index is 336. The Morgan fingerprint density at radius 3 is 3.14 bits per heavy atom. The first-order valence-electron chi connectivity index (χ1n) is 4.93. The minimum atomic E-state index is 0.393. The number of benzene rings is 1. The lowest BCUT2D eigenvalue weighted by Gasteiger charge is -2.07. The molecule has 1 aliphatic rings. The number of aromatic hydroxyl groups is 1. The fraction of sp³-hybridized carbons (Fsp3) is 0.455. The van der Waals surface area contributed by atoms with Gasteiger partial charge in [0, 0.05) is 12.0 Å². The Hall–Kier alpha value is -1.22. The van der Waals surface area contributed by atoms with E-state index in [1.165, 1.54) is 0 Å². The van der Waals surface area contributed by atoms with E-state index in [4.69, 9.17) is 4.74 Å². The molecule has 0 saturated heterocycles. The molecule has 76 valence electrons. The summed E-state index contributed by atoms with van der Waals surface area (Å²) >= 11 is 0. The minimum absolute atomic E-state index is 0.393. The van der Waals surface area contributed by atoms with Crippen molar-refractivity contribution in [2.45, 2.75) is 12.8 Å². The van der Waals surface area contributed by atoms with Gasteiger partial charge in [-0.05, 0) is 37.7 Å². The predicted molar refractivity (Wildman–Crippen MR) is 54.9 cm³/mol. The molecule has 0 saturated carbocycles. The van der Waals surface area contributed by atoms with Crippen LogP contribution in [0.4, 0.5) is 0 Å². The lowest BCUT2D eigenvalue weighted by atomic mass is 10.1. The maximum Gasteiger partial charge on any atom is 0.123 e. The Morgan fingerprint density at radius 1 is 1.50 bits per heavy atom. The van der Waals surface area contributed by atoms with Crippen LogP contribution in [0.2, 0.25) is 0 Å². The normalized spacial score (nSPS) is 13.8. The van der Waals surface area contributed by atoms with Crippen LogP contribution in [0, 0.1) is 0 Å². The van der Waals surface area contributed by atoms with Crippen molar-refractivity contribution in [3.05, 3.63) is 23.3 Å². The number of hydrogen-bond acceptors (Lipinski definition) is 3. The van der Waals surface area contributed by atoms with Crippen molar-refractivity contribution in [1.82, 2.24) is 5.32 Å². The van der Waals surface area contributed by atoms with Gasteiger partial charge in [-0.2, -0.15) is 0 Å². The summed E-state index contributed by atoms with van der Waals surface area (Å²) in [6.07, 6.45) is 1.74. The summed E-state index contributed by atoms with van der Waals surface area (Å²) in [5.41, 5.74) is 2.08. The highest BCUT2D eigenvalue weighted by Crippen LogP contribution is 2.32. The molecule has 1 aromatic rings. The van der Waals surface area contributed by atoms with Crippen LogP contribution in [0.25, 0.3) is 0 Å². The zero-order valence-corrected chi connectivity index (χ0v) is 8.34. The zero-order chi connectivity index (χ0) is 9.97. The maximum atomic E-state index is 9.72. The summed E-state index contributed by atoms with van der Waals surface area (Å²) < 4.78 is 5.44. The van der Waals surface area contributed by atoms with Crippen molar-refractivity contribution in [2.75, 3.05) is 20.2 Å². The monoisotopic (exact) mass is 193 g/mol. The van der Waals surface area contributed by atoms with Gasteiger partial charge in [0.2, 0.25) is 0 Å². The minimum Gasteiger partial charge on any atom is -0.508 e. The van der Waals surface area contributed by atoms with E-state index in [-0.39, 0.29) is 0 Å². The highest BCUT2D eigenvalue weighted by Gasteiger charge is 2.15. The molecule has 0 unspecified atom stereocenters. The second-order valence-electron chi connectivity index (χ2n) is 3.54. The summed E-state index contributed by atoms with van der Waals surface area (Å²) in [7, 11) is 1.90. The van der Waals surface area contributed by atoms with Crippen LogP contribution in [0.5, 0.6) is 11.5 Å². The molecule has 2 rings (SSSR count). The van der Waals surface area contributed by atoms with E-state index < -0.39 is 0 Å². The molecule has 0 atom stereocenters. The number of rotatable bonds is 3. The molecule has 1 heterocycles. The molecule has 1 aliphatic heterocycles. The van der Waals surface area contributed by atoms with E-state index in [2.05, 4.69) is 5.32 Å². The molecular weight excluding hydrogens is 178 g/mol. The lowest BCUT2D eigenvalue weighted by molar-refractivity contribution is 0.356. The van der Waals surface area contributed by atoms with Crippen molar-refractivity contribution in [3.8, 4) is 11.5 Å². The molecule has 0 aliphatic carbocycles. The molecular formula is C11H15NO2. The van der Waals surface area contributed by atoms with Crippen LogP contribution < -0.4 is 10.1 Å². The number of phenolic OH excluding ortho intramolecular Hbond substituents is 1. The summed E-state index contributed by atoms with van der Waals surface area (Å²) in [5, 5.41) is 12.8. The summed E-state index contributed by atoms with van der Waals surface area (Å²) in [4.78, 5) is 0. The number of phenols is 1. The first-order chi connectivity index (χ1) is 6.81. The third-order valence-electron chi connectivity index (χ3n) is 2.54. The second kappa shape index (κ2) is 3.88. The Balaban J connectivity index is 2.23. The van der Waals surface area contributed by atoms with Gasteiger partial charge in [-0.15, -0.1) is 0 Å². The van der Waals surface area contributed by atoms with Crippen molar-refractivity contribution >= 4 is 0 Å². The van der Waals surface area contributed by atoms with Crippen LogP contribution >= 0.6 is 0 Å². The fourth-order valence-electron chi connectivity index (χ4n) is 1.71. The third kappa shape index (κ3) is 1.68. The summed E-state index contributed by atoms with van der Waals surface area (Å²) in [6.45, 7) is 1.61. The molecule has 2 N–H and O–H groups in total. The number of ether oxygens (including phenoxy) is 1. The number of nitrogens with one attached hydrogen (secondary N) is 1. The third-order valence-corrected chi connectivity index (χ3v) is 2.54. The average Bonchev–Trinajstić information content (AvgIpc) is 2.61. The van der Waals surface area contributed by atoms with Gasteiger partial charge in [0.15, 0.2) is 0 Å². The van der Waals surface area contributed by atoms with Crippen LogP contribution in [0.1, 0.15) is 11.1 Å². The zero-order valence-electron chi connectivity index (χ0n) is 8.34. The Morgan fingerprint density at radius 2 is 2.36 bits per heavy atom. The predicted octanol–water partition coefficient (Wildman–Crippen LogP) is 1.09. The molecule has 0 radical (unpaired) electrons. The van der Waals surface area contributed by atoms with Gasteiger partial charge in [0.1, 0.15) is 11.5 Å². The molecule has 3 heteroatoms. The molecule has 0 fully saturated rings. The molecule has 14 heavy (non-hydrogen) atoms. The molecule has 0 aromatic heterocycles. The molecule has 0 amide bonds. The quantitative estimate of drug-likeness (QED) is 0.755. The van der Waals surface area contributed by atoms with Crippen molar-refractivity contribution in [1.29, 1.82) is 0 Å². The van der Waals surface area contributed by atoms with Gasteiger partial charge in [-0.1, -0.05) is 0 Å². The molecule has 0 bridgehead atoms. The van der Waals surface area contributed by atoms with Gasteiger partial charge in [0.25, 0.3) is 0 Å². The molecule has 3 nitrogen and oxygen atoms in total. The van der Waals surface area contributed by atoms with E-state index in [1.54, 1.807) is 0 Å². The van der Waals surface area contributed by atoms with Crippen molar-refractivity contribution in [2.24, 2.45) is 0 Å². The Labute approximate surface area is 83.7 Å². The van der Waals surface area contributed by atoms with Crippen LogP contribution in [0.3, 0.4) is 0 Å². The van der Waals surface area contributed by atoms with Gasteiger partial charge < -0.3 is 15.2 Å². The summed E-state index contributed by atoms with van der Waals surface area (Å²) in [6, 6.07) is 3.78. The van der Waals surface area contributed by atoms with E-state index in [0.717, 1.165) is 42.9 Å². The first-order valence-corrected chi connectivity index (χ1v) is 4.93. The highest BCUT2D eigenvalue weighted by molar-refractivity contribution is 5.47. The molecule has 1 aromatic carbocycles. The smallest absolute Gasteiger partial charge is 0.123 e. The average molecular weight is 193 g/mol. The van der Waals surface area contributed by atoms with Gasteiger partial charge >= 0.3 is 0 Å². The van der Waals surface area contributed by atoms with E-state index in [9.17, 15) is 5.11 Å². The van der Waals surface area contributed by atoms with Gasteiger partial charge in [-0.25, -0.2) is 0 Å². The standard InChI is InChI=1S/C11H15NO2/c1-12-4-2-8-7-11-9(3-5-14-11)6-10(8)13/h6-7,12-13H,2-5H2,1H3. The second-order valence-corrected chi connectivity index (χ2v) is 3.54. The van der Waals surface area contributed by atoms with Gasteiger partial charge in [0.05, 0.1) is 6.61 Å². The van der Waals surface area contributed by atoms with Crippen molar-refractivity contribution in [3.63, 3.8) is 0 Å². The summed E-state index contributed by atoms with van der Waals surface area (Å²) in [5.74, 6) is 1.33. The van der Waals surface area contributed by atoms with Crippen LogP contribution in [-0.4, -0.2) is 25.3 Å².